The van der Waals surface area contributed by atoms with Crippen molar-refractivity contribution < 1.29 is 36.2 Å². The molecule has 0 spiro atoms. The Morgan fingerprint density at radius 1 is 1.21 bits per heavy atom. The van der Waals surface area contributed by atoms with Gasteiger partial charge in [0.2, 0.25) is 0 Å². The Morgan fingerprint density at radius 2 is 1.97 bits per heavy atom. The van der Waals surface area contributed by atoms with Gasteiger partial charge in [-0.2, -0.15) is 13.2 Å². The van der Waals surface area contributed by atoms with Crippen LogP contribution in [0.5, 0.6) is 0 Å². The van der Waals surface area contributed by atoms with Crippen LogP contribution in [0.2, 0.25) is 5.02 Å². The number of benzene rings is 1. The molecule has 0 radical (unpaired) electrons. The number of carboxylic acid groups (broad SMARTS) is 1. The maximum Gasteiger partial charge on any atom is 0.416 e. The molecule has 0 bridgehead atoms. The molecule has 0 atom stereocenters. The molecule has 0 saturated carbocycles. The standard InChI is InChI=1S/C24H19ClF3N5O5S/c1-13-2-3-15(9-18(13)24(26,27)28)39(36,37)33-19-8-14(25)10-31-22(19)21(32-12-38-11-20(34)35)16-4-6-29-23-17(16)5-7-30-23/h2-10,33H,11-12H2,1H3,(H,29,30)(H,34,35)/b32-21+. The fraction of sp³-hybridized carbons (Fsp3) is 0.167. The monoisotopic (exact) mass is 581 g/mol. The predicted molar refractivity (Wildman–Crippen MR) is 136 cm³/mol. The maximum atomic E-state index is 13.4. The van der Waals surface area contributed by atoms with E-state index in [4.69, 9.17) is 21.4 Å². The molecule has 3 heterocycles. The molecule has 15 heteroatoms. The number of ether oxygens (including phenoxy) is 1. The number of halogens is 4. The molecule has 0 amide bonds. The van der Waals surface area contributed by atoms with Crippen LogP contribution in [0.15, 0.2) is 64.9 Å². The minimum Gasteiger partial charge on any atom is -0.480 e. The van der Waals surface area contributed by atoms with Gasteiger partial charge in [0.05, 0.1) is 26.9 Å². The van der Waals surface area contributed by atoms with Crippen molar-refractivity contribution in [2.45, 2.75) is 18.0 Å². The van der Waals surface area contributed by atoms with Gasteiger partial charge in [0.15, 0.2) is 0 Å². The number of anilines is 1. The number of aromatic nitrogens is 3. The summed E-state index contributed by atoms with van der Waals surface area (Å²) in [6.07, 6.45) is -0.455. The first kappa shape index (κ1) is 28.0. The van der Waals surface area contributed by atoms with Gasteiger partial charge in [-0.15, -0.1) is 0 Å². The van der Waals surface area contributed by atoms with Crippen molar-refractivity contribution in [1.82, 2.24) is 15.0 Å². The molecule has 1 aromatic carbocycles. The number of aliphatic imine (C=N–C) groups is 1. The highest BCUT2D eigenvalue weighted by atomic mass is 35.5. The minimum absolute atomic E-state index is 0.0272. The van der Waals surface area contributed by atoms with Gasteiger partial charge in [0, 0.05) is 29.5 Å². The van der Waals surface area contributed by atoms with Crippen LogP contribution < -0.4 is 4.72 Å². The third-order valence-corrected chi connectivity index (χ3v) is 6.97. The van der Waals surface area contributed by atoms with E-state index in [1.54, 1.807) is 18.3 Å². The third kappa shape index (κ3) is 6.35. The van der Waals surface area contributed by atoms with Gasteiger partial charge in [-0.3, -0.25) is 14.7 Å². The lowest BCUT2D eigenvalue weighted by Gasteiger charge is -2.16. The molecule has 4 aromatic rings. The van der Waals surface area contributed by atoms with Crippen molar-refractivity contribution >= 4 is 50.0 Å². The lowest BCUT2D eigenvalue weighted by Crippen LogP contribution is -2.19. The number of alkyl halides is 3. The number of pyridine rings is 2. The highest BCUT2D eigenvalue weighted by Gasteiger charge is 2.34. The summed E-state index contributed by atoms with van der Waals surface area (Å²) >= 11 is 6.10. The Balaban J connectivity index is 1.83. The largest absolute Gasteiger partial charge is 0.480 e. The second-order valence-electron chi connectivity index (χ2n) is 8.11. The molecule has 0 aliphatic heterocycles. The topological polar surface area (TPSA) is 147 Å². The zero-order valence-electron chi connectivity index (χ0n) is 20.0. The van der Waals surface area contributed by atoms with Gasteiger partial charge in [0.25, 0.3) is 10.0 Å². The Labute approximate surface area is 224 Å². The SMILES string of the molecule is Cc1ccc(S(=O)(=O)Nc2cc(Cl)cnc2/C(=N/COCC(=O)O)c2ccnc3[nH]ccc23)cc1C(F)(F)F. The molecule has 0 saturated heterocycles. The molecule has 0 unspecified atom stereocenters. The summed E-state index contributed by atoms with van der Waals surface area (Å²) in [5.41, 5.74) is -0.475. The zero-order chi connectivity index (χ0) is 28.4. The highest BCUT2D eigenvalue weighted by molar-refractivity contribution is 7.92. The van der Waals surface area contributed by atoms with Gasteiger partial charge >= 0.3 is 12.1 Å². The van der Waals surface area contributed by atoms with Crippen LogP contribution in [0.25, 0.3) is 11.0 Å². The molecular formula is C24H19ClF3N5O5S. The fourth-order valence-electron chi connectivity index (χ4n) is 3.68. The van der Waals surface area contributed by atoms with Crippen molar-refractivity contribution in [2.24, 2.45) is 4.99 Å². The van der Waals surface area contributed by atoms with Crippen molar-refractivity contribution in [3.8, 4) is 0 Å². The third-order valence-electron chi connectivity index (χ3n) is 5.40. The molecule has 0 aliphatic rings. The summed E-state index contributed by atoms with van der Waals surface area (Å²) in [7, 11) is -4.57. The molecule has 39 heavy (non-hydrogen) atoms. The van der Waals surface area contributed by atoms with E-state index in [0.29, 0.717) is 22.7 Å². The normalized spacial score (nSPS) is 12.6. The molecular weight excluding hydrogens is 563 g/mol. The number of sulfonamides is 1. The van der Waals surface area contributed by atoms with Gasteiger partial charge in [-0.05, 0) is 42.8 Å². The number of hydrogen-bond donors (Lipinski definition) is 3. The average Bonchev–Trinajstić information content (AvgIpc) is 3.33. The number of nitrogens with zero attached hydrogens (tertiary/aromatic N) is 3. The Hall–Kier alpha value is -4.01. The second kappa shape index (κ2) is 11.0. The van der Waals surface area contributed by atoms with Crippen LogP contribution in [0.4, 0.5) is 18.9 Å². The highest BCUT2D eigenvalue weighted by Crippen LogP contribution is 2.34. The molecule has 204 valence electrons. The Kier molecular flexibility index (Phi) is 7.90. The number of hydrogen-bond acceptors (Lipinski definition) is 7. The molecule has 3 N–H and O–H groups in total. The van der Waals surface area contributed by atoms with Gasteiger partial charge in [-0.25, -0.2) is 18.2 Å². The average molecular weight is 582 g/mol. The Bertz CT molecular complexity index is 1690. The second-order valence-corrected chi connectivity index (χ2v) is 10.2. The fourth-order valence-corrected chi connectivity index (χ4v) is 4.92. The van der Waals surface area contributed by atoms with Crippen LogP contribution in [0.3, 0.4) is 0 Å². The van der Waals surface area contributed by atoms with Gasteiger partial charge in [-0.1, -0.05) is 17.7 Å². The van der Waals surface area contributed by atoms with E-state index in [2.05, 4.69) is 24.7 Å². The van der Waals surface area contributed by atoms with Crippen molar-refractivity contribution in [3.05, 3.63) is 82.4 Å². The van der Waals surface area contributed by atoms with E-state index in [1.807, 2.05) is 0 Å². The summed E-state index contributed by atoms with van der Waals surface area (Å²) in [5.74, 6) is -1.22. The van der Waals surface area contributed by atoms with E-state index in [1.165, 1.54) is 25.4 Å². The quantitative estimate of drug-likeness (QED) is 0.193. The van der Waals surface area contributed by atoms with Gasteiger partial charge < -0.3 is 14.8 Å². The van der Waals surface area contributed by atoms with E-state index < -0.39 is 46.0 Å². The number of carbonyl (C=O) groups is 1. The summed E-state index contributed by atoms with van der Waals surface area (Å²) in [6, 6.07) is 7.14. The first-order valence-corrected chi connectivity index (χ1v) is 12.9. The van der Waals surface area contributed by atoms with Gasteiger partial charge in [0.1, 0.15) is 24.7 Å². The molecule has 3 aromatic heterocycles. The number of rotatable bonds is 9. The summed E-state index contributed by atoms with van der Waals surface area (Å²) in [5, 5.41) is 9.47. The number of carboxylic acids is 1. The number of H-pyrrole nitrogens is 1. The van der Waals surface area contributed by atoms with Crippen LogP contribution in [0.1, 0.15) is 22.4 Å². The number of fused-ring (bicyclic) bond motifs is 1. The number of nitrogens with one attached hydrogen (secondary N) is 2. The van der Waals surface area contributed by atoms with Crippen molar-refractivity contribution in [1.29, 1.82) is 0 Å². The van der Waals surface area contributed by atoms with Crippen LogP contribution in [0, 0.1) is 6.92 Å². The summed E-state index contributed by atoms with van der Waals surface area (Å²) in [6.45, 7) is 0.145. The van der Waals surface area contributed by atoms with Crippen molar-refractivity contribution in [3.63, 3.8) is 0 Å². The Morgan fingerprint density at radius 3 is 2.69 bits per heavy atom. The van der Waals surface area contributed by atoms with Crippen LogP contribution in [-0.2, 0) is 25.7 Å². The summed E-state index contributed by atoms with van der Waals surface area (Å²) < 4.78 is 74.1. The molecule has 10 nitrogen and oxygen atoms in total. The minimum atomic E-state index is -4.77. The zero-order valence-corrected chi connectivity index (χ0v) is 21.5. The maximum absolute atomic E-state index is 13.4. The smallest absolute Gasteiger partial charge is 0.416 e. The first-order chi connectivity index (χ1) is 18.4. The number of aliphatic carboxylic acids is 1. The lowest BCUT2D eigenvalue weighted by atomic mass is 10.0. The summed E-state index contributed by atoms with van der Waals surface area (Å²) in [4.78, 5) is 25.9. The number of aryl methyl sites for hydroxylation is 1. The van der Waals surface area contributed by atoms with Crippen LogP contribution in [-0.4, -0.2) is 53.5 Å². The number of aromatic amines is 1. The molecule has 0 fully saturated rings. The van der Waals surface area contributed by atoms with E-state index in [9.17, 15) is 26.4 Å². The van der Waals surface area contributed by atoms with E-state index >= 15 is 0 Å². The molecule has 4 rings (SSSR count). The van der Waals surface area contributed by atoms with Crippen LogP contribution >= 0.6 is 11.6 Å². The lowest BCUT2D eigenvalue weighted by molar-refractivity contribution is -0.142. The van der Waals surface area contributed by atoms with E-state index in [-0.39, 0.29) is 27.7 Å². The first-order valence-electron chi connectivity index (χ1n) is 11.0. The van der Waals surface area contributed by atoms with E-state index in [0.717, 1.165) is 12.1 Å². The predicted octanol–water partition coefficient (Wildman–Crippen LogP) is 4.64. The van der Waals surface area contributed by atoms with Crippen molar-refractivity contribution in [2.75, 3.05) is 18.1 Å². The molecule has 0 aliphatic carbocycles.